The first-order valence-corrected chi connectivity index (χ1v) is 4.85. The first-order chi connectivity index (χ1) is 7.39. The highest BCUT2D eigenvalue weighted by atomic mass is 19.4. The van der Waals surface area contributed by atoms with E-state index in [2.05, 4.69) is 11.6 Å². The summed E-state index contributed by atoms with van der Waals surface area (Å²) in [6.45, 7) is -1.69. The number of aromatic nitrogens is 1. The quantitative estimate of drug-likeness (QED) is 0.721. The minimum atomic E-state index is -4.94. The summed E-state index contributed by atoms with van der Waals surface area (Å²) in [5.74, 6) is 0. The zero-order valence-electron chi connectivity index (χ0n) is 9.04. The van der Waals surface area contributed by atoms with E-state index in [1.54, 1.807) is 36.3 Å². The Morgan fingerprint density at radius 1 is 1.44 bits per heavy atom. The van der Waals surface area contributed by atoms with Gasteiger partial charge < -0.3 is 12.9 Å². The summed E-state index contributed by atoms with van der Waals surface area (Å²) in [6.07, 6.45) is 1.62. The molecule has 0 spiro atoms. The molecule has 88 valence electrons. The largest absolute Gasteiger partial charge is 0.506 e. The molecule has 0 radical (unpaired) electrons. The lowest BCUT2D eigenvalue weighted by Gasteiger charge is -2.23. The molecule has 0 aliphatic heterocycles. The van der Waals surface area contributed by atoms with E-state index < -0.39 is 12.4 Å². The van der Waals surface area contributed by atoms with Crippen molar-refractivity contribution in [1.82, 2.24) is 9.88 Å². The molecule has 0 saturated carbocycles. The summed E-state index contributed by atoms with van der Waals surface area (Å²) >= 11 is 0. The van der Waals surface area contributed by atoms with Crippen LogP contribution < -0.4 is 0 Å². The third-order valence-corrected chi connectivity index (χ3v) is 2.09. The van der Waals surface area contributed by atoms with Gasteiger partial charge in [-0.3, -0.25) is 9.88 Å². The van der Waals surface area contributed by atoms with E-state index in [9.17, 15) is 12.9 Å². The van der Waals surface area contributed by atoms with Gasteiger partial charge in [0, 0.05) is 12.7 Å². The van der Waals surface area contributed by atoms with Gasteiger partial charge in [0.2, 0.25) is 0 Å². The molecule has 1 aromatic rings. The topological polar surface area (TPSA) is 16.1 Å². The van der Waals surface area contributed by atoms with Crippen molar-refractivity contribution in [2.45, 2.75) is 6.54 Å². The van der Waals surface area contributed by atoms with E-state index in [4.69, 9.17) is 0 Å². The van der Waals surface area contributed by atoms with Crippen molar-refractivity contribution in [3.63, 3.8) is 0 Å². The number of halogens is 3. The highest BCUT2D eigenvalue weighted by molar-refractivity contribution is 6.66. The number of hydrogen-bond acceptors (Lipinski definition) is 2. The van der Waals surface area contributed by atoms with Crippen molar-refractivity contribution in [3.8, 4) is 0 Å². The van der Waals surface area contributed by atoms with Gasteiger partial charge in [-0.2, -0.15) is 0 Å². The van der Waals surface area contributed by atoms with Gasteiger partial charge in [0.15, 0.2) is 0 Å². The minimum Gasteiger partial charge on any atom is -0.445 e. The number of pyridine rings is 1. The van der Waals surface area contributed by atoms with E-state index >= 15 is 0 Å². The molecule has 0 atom stereocenters. The highest BCUT2D eigenvalue weighted by Gasteiger charge is 2.27. The van der Waals surface area contributed by atoms with E-state index in [0.29, 0.717) is 6.54 Å². The van der Waals surface area contributed by atoms with E-state index in [1.807, 2.05) is 0 Å². The van der Waals surface area contributed by atoms with Gasteiger partial charge in [-0.05, 0) is 25.7 Å². The third-order valence-electron chi connectivity index (χ3n) is 2.09. The van der Waals surface area contributed by atoms with Crippen molar-refractivity contribution >= 4 is 6.98 Å². The van der Waals surface area contributed by atoms with Crippen molar-refractivity contribution < 1.29 is 12.9 Å². The summed E-state index contributed by atoms with van der Waals surface area (Å²) in [4.78, 5) is 5.58. The molecule has 0 aliphatic carbocycles. The van der Waals surface area contributed by atoms with Gasteiger partial charge in [0.25, 0.3) is 0 Å². The summed E-state index contributed by atoms with van der Waals surface area (Å²) in [5.41, 5.74) is 0.0610. The minimum absolute atomic E-state index is 0.180. The Morgan fingerprint density at radius 3 is 2.62 bits per heavy atom. The maximum Gasteiger partial charge on any atom is 0.506 e. The fraction of sp³-hybridized carbons (Fsp3) is 0.300. The third kappa shape index (κ3) is 4.06. The highest BCUT2D eigenvalue weighted by Crippen LogP contribution is 2.18. The second-order valence-corrected chi connectivity index (χ2v) is 3.73. The molecule has 6 heteroatoms. The molecule has 1 rings (SSSR count). The average molecular weight is 229 g/mol. The Balaban J connectivity index is 2.49. The smallest absolute Gasteiger partial charge is 0.445 e. The van der Waals surface area contributed by atoms with Crippen LogP contribution >= 0.6 is 0 Å². The molecule has 0 unspecified atom stereocenters. The van der Waals surface area contributed by atoms with Crippen LogP contribution in [0.15, 0.2) is 36.4 Å². The Kier molecular flexibility index (Phi) is 4.12. The fourth-order valence-corrected chi connectivity index (χ4v) is 1.27. The van der Waals surface area contributed by atoms with E-state index in [0.717, 1.165) is 5.69 Å². The predicted octanol–water partition coefficient (Wildman–Crippen LogP) is 2.46. The van der Waals surface area contributed by atoms with Crippen molar-refractivity contribution in [2.24, 2.45) is 0 Å². The molecule has 2 nitrogen and oxygen atoms in total. The van der Waals surface area contributed by atoms with Gasteiger partial charge in [0.1, 0.15) is 0 Å². The van der Waals surface area contributed by atoms with Crippen LogP contribution in [0.3, 0.4) is 0 Å². The zero-order valence-corrected chi connectivity index (χ0v) is 9.04. The van der Waals surface area contributed by atoms with Crippen LogP contribution in [0.5, 0.6) is 0 Å². The summed E-state index contributed by atoms with van der Waals surface area (Å²) in [7, 11) is 1.61. The number of nitrogens with zero attached hydrogens (tertiary/aromatic N) is 2. The summed E-state index contributed by atoms with van der Waals surface area (Å²) < 4.78 is 36.8. The average Bonchev–Trinajstić information content (AvgIpc) is 2.17. The molecule has 0 bridgehead atoms. The normalized spacial score (nSPS) is 11.8. The van der Waals surface area contributed by atoms with Crippen molar-refractivity contribution in [1.29, 1.82) is 0 Å². The van der Waals surface area contributed by atoms with Gasteiger partial charge in [-0.1, -0.05) is 6.07 Å². The molecular weight excluding hydrogens is 216 g/mol. The van der Waals surface area contributed by atoms with Crippen LogP contribution in [-0.4, -0.2) is 30.5 Å². The molecular formula is C10H13BF3N2-. The van der Waals surface area contributed by atoms with Gasteiger partial charge in [0.05, 0.1) is 5.69 Å². The first-order valence-electron chi connectivity index (χ1n) is 4.85. The summed E-state index contributed by atoms with van der Waals surface area (Å²) in [5, 5.41) is 0. The molecule has 0 aliphatic rings. The predicted molar refractivity (Wildman–Crippen MR) is 58.8 cm³/mol. The van der Waals surface area contributed by atoms with Crippen LogP contribution in [0.25, 0.3) is 0 Å². The molecule has 0 fully saturated rings. The Morgan fingerprint density at radius 2 is 2.12 bits per heavy atom. The lowest BCUT2D eigenvalue weighted by Crippen LogP contribution is -2.30. The van der Waals surface area contributed by atoms with Crippen LogP contribution in [0.1, 0.15) is 5.69 Å². The fourth-order valence-electron chi connectivity index (χ4n) is 1.27. The maximum atomic E-state index is 12.3. The monoisotopic (exact) mass is 229 g/mol. The Bertz CT molecular complexity index is 351. The first kappa shape index (κ1) is 12.8. The lowest BCUT2D eigenvalue weighted by molar-refractivity contribution is 0.346. The van der Waals surface area contributed by atoms with Crippen LogP contribution in [-0.2, 0) is 6.54 Å². The van der Waals surface area contributed by atoms with Crippen LogP contribution in [0, 0.1) is 0 Å². The Hall–Kier alpha value is -1.30. The molecule has 16 heavy (non-hydrogen) atoms. The van der Waals surface area contributed by atoms with Gasteiger partial charge >= 0.3 is 6.98 Å². The Labute approximate surface area is 92.8 Å². The molecule has 0 amide bonds. The summed E-state index contributed by atoms with van der Waals surface area (Å²) in [6, 6.07) is 5.35. The SMILES string of the molecule is C=C(CN(C)Cc1ccccn1)[B-](F)(F)F. The van der Waals surface area contributed by atoms with E-state index in [1.165, 1.54) is 0 Å². The maximum absolute atomic E-state index is 12.3. The standard InChI is InChI=1S/C10H13BF3N2/c1-9(11(12,13)14)7-16(2)8-10-5-3-4-6-15-10/h3-6H,1,7-8H2,2H3/q-1. The number of likely N-dealkylation sites (N-methyl/N-ethyl adjacent to an activating group) is 1. The van der Waals surface area contributed by atoms with Crippen molar-refractivity contribution in [2.75, 3.05) is 13.6 Å². The van der Waals surface area contributed by atoms with Crippen LogP contribution in [0.4, 0.5) is 12.9 Å². The molecule has 0 aromatic carbocycles. The van der Waals surface area contributed by atoms with Gasteiger partial charge in [-0.15, -0.1) is 12.1 Å². The molecule has 0 saturated heterocycles. The number of rotatable bonds is 5. The van der Waals surface area contributed by atoms with E-state index in [-0.39, 0.29) is 6.54 Å². The van der Waals surface area contributed by atoms with Crippen LogP contribution in [0.2, 0.25) is 0 Å². The second kappa shape index (κ2) is 5.16. The number of hydrogen-bond donors (Lipinski definition) is 0. The zero-order chi connectivity index (χ0) is 12.2. The molecule has 1 aromatic heterocycles. The molecule has 0 N–H and O–H groups in total. The lowest BCUT2D eigenvalue weighted by atomic mass is 9.80. The second-order valence-electron chi connectivity index (χ2n) is 3.73. The van der Waals surface area contributed by atoms with Crippen molar-refractivity contribution in [3.05, 3.63) is 42.1 Å². The molecule has 1 heterocycles. The van der Waals surface area contributed by atoms with Gasteiger partial charge in [-0.25, -0.2) is 0 Å².